The minimum atomic E-state index is -0.0772. The number of carbonyl (C=O) groups is 1. The molecular formula is C21H26N2O2. The van der Waals surface area contributed by atoms with E-state index in [4.69, 9.17) is 4.74 Å². The van der Waals surface area contributed by atoms with Crippen LogP contribution in [0.5, 0.6) is 5.75 Å². The Morgan fingerprint density at radius 3 is 2.56 bits per heavy atom. The highest BCUT2D eigenvalue weighted by molar-refractivity contribution is 5.94. The lowest BCUT2D eigenvalue weighted by atomic mass is 10.0. The zero-order valence-electron chi connectivity index (χ0n) is 14.8. The fraction of sp³-hybridized carbons (Fsp3) is 0.381. The van der Waals surface area contributed by atoms with Gasteiger partial charge in [0, 0.05) is 18.7 Å². The van der Waals surface area contributed by atoms with E-state index in [2.05, 4.69) is 28.4 Å². The largest absolute Gasteiger partial charge is 0.497 e. The normalized spacial score (nSPS) is 14.9. The summed E-state index contributed by atoms with van der Waals surface area (Å²) in [6.07, 6.45) is 3.91. The molecular weight excluding hydrogens is 312 g/mol. The number of methoxy groups -OCH3 is 1. The van der Waals surface area contributed by atoms with Crippen molar-refractivity contribution in [2.75, 3.05) is 20.2 Å². The molecule has 0 radical (unpaired) electrons. The molecule has 4 nitrogen and oxygen atoms in total. The van der Waals surface area contributed by atoms with E-state index in [0.717, 1.165) is 6.54 Å². The van der Waals surface area contributed by atoms with E-state index in [1.807, 2.05) is 18.2 Å². The van der Waals surface area contributed by atoms with Gasteiger partial charge in [-0.05, 0) is 55.3 Å². The molecule has 1 aliphatic heterocycles. The lowest BCUT2D eigenvalue weighted by Crippen LogP contribution is -2.30. The summed E-state index contributed by atoms with van der Waals surface area (Å²) in [6, 6.07) is 15.6. The van der Waals surface area contributed by atoms with Crippen LogP contribution in [0.2, 0.25) is 0 Å². The molecule has 25 heavy (non-hydrogen) atoms. The highest BCUT2D eigenvalue weighted by Gasteiger charge is 2.13. The molecule has 1 N–H and O–H groups in total. The Morgan fingerprint density at radius 1 is 1.04 bits per heavy atom. The van der Waals surface area contributed by atoms with E-state index >= 15 is 0 Å². The quantitative estimate of drug-likeness (QED) is 0.875. The molecule has 4 heteroatoms. The van der Waals surface area contributed by atoms with Gasteiger partial charge in [-0.25, -0.2) is 0 Å². The van der Waals surface area contributed by atoms with Gasteiger partial charge in [0.05, 0.1) is 7.11 Å². The monoisotopic (exact) mass is 338 g/mol. The van der Waals surface area contributed by atoms with Crippen LogP contribution in [0.15, 0.2) is 48.5 Å². The first kappa shape index (κ1) is 17.5. The third kappa shape index (κ3) is 4.83. The second-order valence-corrected chi connectivity index (χ2v) is 6.52. The molecule has 1 amide bonds. The zero-order valence-corrected chi connectivity index (χ0v) is 14.8. The number of hydrogen-bond donors (Lipinski definition) is 1. The summed E-state index contributed by atoms with van der Waals surface area (Å²) in [5.74, 6) is 0.616. The Labute approximate surface area is 149 Å². The van der Waals surface area contributed by atoms with Crippen LogP contribution in [0.3, 0.4) is 0 Å². The smallest absolute Gasteiger partial charge is 0.251 e. The van der Waals surface area contributed by atoms with Crippen LogP contribution in [0.4, 0.5) is 0 Å². The second-order valence-electron chi connectivity index (χ2n) is 6.52. The summed E-state index contributed by atoms with van der Waals surface area (Å²) in [7, 11) is 1.61. The van der Waals surface area contributed by atoms with Gasteiger partial charge >= 0.3 is 0 Å². The lowest BCUT2D eigenvalue weighted by Gasteiger charge is -2.27. The third-order valence-electron chi connectivity index (χ3n) is 4.73. The lowest BCUT2D eigenvalue weighted by molar-refractivity contribution is 0.0950. The van der Waals surface area contributed by atoms with Crippen molar-refractivity contribution < 1.29 is 9.53 Å². The fourth-order valence-corrected chi connectivity index (χ4v) is 3.28. The molecule has 0 unspecified atom stereocenters. The summed E-state index contributed by atoms with van der Waals surface area (Å²) in [6.45, 7) is 3.85. The highest BCUT2D eigenvalue weighted by atomic mass is 16.5. The van der Waals surface area contributed by atoms with E-state index in [-0.39, 0.29) is 5.91 Å². The average molecular weight is 338 g/mol. The Hall–Kier alpha value is -2.33. The van der Waals surface area contributed by atoms with Gasteiger partial charge in [-0.3, -0.25) is 9.69 Å². The van der Waals surface area contributed by atoms with Crippen molar-refractivity contribution in [3.8, 4) is 5.75 Å². The molecule has 0 atom stereocenters. The Bertz CT molecular complexity index is 709. The van der Waals surface area contributed by atoms with Crippen LogP contribution in [0.25, 0.3) is 0 Å². The Balaban J connectivity index is 1.63. The SMILES string of the molecule is COc1cccc(C(=O)NCc2ccccc2CN2CCCCC2)c1. The van der Waals surface area contributed by atoms with Crippen molar-refractivity contribution in [1.82, 2.24) is 10.2 Å². The van der Waals surface area contributed by atoms with Gasteiger partial charge < -0.3 is 10.1 Å². The minimum absolute atomic E-state index is 0.0772. The van der Waals surface area contributed by atoms with E-state index in [9.17, 15) is 4.79 Å². The number of rotatable bonds is 6. The number of ether oxygens (including phenoxy) is 1. The van der Waals surface area contributed by atoms with Crippen molar-refractivity contribution >= 4 is 5.91 Å². The second kappa shape index (κ2) is 8.67. The molecule has 0 spiro atoms. The van der Waals surface area contributed by atoms with Crippen molar-refractivity contribution in [3.63, 3.8) is 0 Å². The number of likely N-dealkylation sites (tertiary alicyclic amines) is 1. The summed E-state index contributed by atoms with van der Waals surface area (Å²) in [4.78, 5) is 14.9. The van der Waals surface area contributed by atoms with Gasteiger partial charge in [0.15, 0.2) is 0 Å². The predicted molar refractivity (Wildman–Crippen MR) is 99.7 cm³/mol. The first-order valence-electron chi connectivity index (χ1n) is 8.97. The van der Waals surface area contributed by atoms with Crippen LogP contribution in [0, 0.1) is 0 Å². The fourth-order valence-electron chi connectivity index (χ4n) is 3.28. The molecule has 2 aromatic rings. The molecule has 0 aliphatic carbocycles. The van der Waals surface area contributed by atoms with Gasteiger partial charge in [-0.2, -0.15) is 0 Å². The Morgan fingerprint density at radius 2 is 1.80 bits per heavy atom. The average Bonchev–Trinajstić information content (AvgIpc) is 2.68. The molecule has 1 fully saturated rings. The summed E-state index contributed by atoms with van der Waals surface area (Å²) < 4.78 is 5.19. The number of hydrogen-bond acceptors (Lipinski definition) is 3. The molecule has 3 rings (SSSR count). The van der Waals surface area contributed by atoms with Gasteiger partial charge in [0.25, 0.3) is 5.91 Å². The number of carbonyl (C=O) groups excluding carboxylic acids is 1. The van der Waals surface area contributed by atoms with Crippen LogP contribution in [-0.4, -0.2) is 31.0 Å². The first-order chi connectivity index (χ1) is 12.3. The number of benzene rings is 2. The molecule has 1 aliphatic rings. The van der Waals surface area contributed by atoms with Crippen LogP contribution in [0.1, 0.15) is 40.7 Å². The molecule has 2 aromatic carbocycles. The number of amides is 1. The Kier molecular flexibility index (Phi) is 6.07. The molecule has 0 saturated carbocycles. The first-order valence-corrected chi connectivity index (χ1v) is 8.97. The maximum Gasteiger partial charge on any atom is 0.251 e. The number of nitrogens with one attached hydrogen (secondary N) is 1. The number of nitrogens with zero attached hydrogens (tertiary/aromatic N) is 1. The third-order valence-corrected chi connectivity index (χ3v) is 4.73. The van der Waals surface area contributed by atoms with Gasteiger partial charge in [-0.15, -0.1) is 0 Å². The van der Waals surface area contributed by atoms with E-state index in [0.29, 0.717) is 17.9 Å². The van der Waals surface area contributed by atoms with E-state index in [1.54, 1.807) is 19.2 Å². The van der Waals surface area contributed by atoms with Gasteiger partial charge in [0.2, 0.25) is 0 Å². The van der Waals surface area contributed by atoms with Gasteiger partial charge in [-0.1, -0.05) is 36.8 Å². The molecule has 1 saturated heterocycles. The van der Waals surface area contributed by atoms with E-state index < -0.39 is 0 Å². The van der Waals surface area contributed by atoms with Gasteiger partial charge in [0.1, 0.15) is 5.75 Å². The minimum Gasteiger partial charge on any atom is -0.497 e. The predicted octanol–water partition coefficient (Wildman–Crippen LogP) is 3.61. The van der Waals surface area contributed by atoms with Crippen molar-refractivity contribution in [1.29, 1.82) is 0 Å². The molecule has 0 aromatic heterocycles. The topological polar surface area (TPSA) is 41.6 Å². The standard InChI is InChI=1S/C21H26N2O2/c1-25-20-11-7-10-17(14-20)21(24)22-15-18-8-3-4-9-19(18)16-23-12-5-2-6-13-23/h3-4,7-11,14H,2,5-6,12-13,15-16H2,1H3,(H,22,24). The van der Waals surface area contributed by atoms with Crippen molar-refractivity contribution in [2.24, 2.45) is 0 Å². The summed E-state index contributed by atoms with van der Waals surface area (Å²) >= 11 is 0. The highest BCUT2D eigenvalue weighted by Crippen LogP contribution is 2.17. The van der Waals surface area contributed by atoms with Crippen LogP contribution >= 0.6 is 0 Å². The van der Waals surface area contributed by atoms with Crippen LogP contribution < -0.4 is 10.1 Å². The zero-order chi connectivity index (χ0) is 17.5. The molecule has 0 bridgehead atoms. The maximum atomic E-state index is 12.4. The van der Waals surface area contributed by atoms with Crippen molar-refractivity contribution in [3.05, 3.63) is 65.2 Å². The number of piperidine rings is 1. The van der Waals surface area contributed by atoms with Crippen molar-refractivity contribution in [2.45, 2.75) is 32.4 Å². The molecule has 132 valence electrons. The van der Waals surface area contributed by atoms with E-state index in [1.165, 1.54) is 43.5 Å². The maximum absolute atomic E-state index is 12.4. The summed E-state index contributed by atoms with van der Waals surface area (Å²) in [5, 5.41) is 3.03. The molecule has 1 heterocycles. The van der Waals surface area contributed by atoms with Crippen LogP contribution in [-0.2, 0) is 13.1 Å². The summed E-state index contributed by atoms with van der Waals surface area (Å²) in [5.41, 5.74) is 3.10.